The zero-order valence-corrected chi connectivity index (χ0v) is 16.4. The van der Waals surface area contributed by atoms with E-state index in [0.717, 1.165) is 16.7 Å². The molecule has 5 nitrogen and oxygen atoms in total. The van der Waals surface area contributed by atoms with Crippen molar-refractivity contribution in [1.29, 1.82) is 0 Å². The first-order valence-electron chi connectivity index (χ1n) is 8.81. The first kappa shape index (κ1) is 19.6. The van der Waals surface area contributed by atoms with Crippen molar-refractivity contribution in [3.63, 3.8) is 0 Å². The van der Waals surface area contributed by atoms with Crippen molar-refractivity contribution in [2.24, 2.45) is 0 Å². The van der Waals surface area contributed by atoms with E-state index in [0.29, 0.717) is 17.3 Å². The number of carbonyl (C=O) groups is 2. The molecule has 0 aliphatic carbocycles. The van der Waals surface area contributed by atoms with Gasteiger partial charge in [0.1, 0.15) is 11.4 Å². The summed E-state index contributed by atoms with van der Waals surface area (Å²) in [6, 6.07) is 17.8. The van der Waals surface area contributed by atoms with Gasteiger partial charge in [-0.15, -0.1) is 0 Å². The fourth-order valence-electron chi connectivity index (χ4n) is 2.63. The number of aryl methyl sites for hydroxylation is 2. The number of nitrogens with one attached hydrogen (secondary N) is 2. The number of anilines is 1. The number of hydrogen-bond acceptors (Lipinski definition) is 3. The second kappa shape index (κ2) is 8.67. The molecule has 0 bridgehead atoms. The van der Waals surface area contributed by atoms with Gasteiger partial charge in [-0.25, -0.2) is 4.98 Å². The Kier molecular flexibility index (Phi) is 6.06. The summed E-state index contributed by atoms with van der Waals surface area (Å²) in [4.78, 5) is 29.1. The van der Waals surface area contributed by atoms with E-state index in [2.05, 4.69) is 15.6 Å². The highest BCUT2D eigenvalue weighted by atomic mass is 35.5. The number of rotatable bonds is 5. The molecule has 1 heterocycles. The van der Waals surface area contributed by atoms with E-state index in [9.17, 15) is 9.59 Å². The molecule has 0 unspecified atom stereocenters. The van der Waals surface area contributed by atoms with Crippen LogP contribution in [-0.2, 0) is 6.54 Å². The highest BCUT2D eigenvalue weighted by molar-refractivity contribution is 6.31. The second-order valence-electron chi connectivity index (χ2n) is 6.44. The predicted molar refractivity (Wildman–Crippen MR) is 111 cm³/mol. The van der Waals surface area contributed by atoms with Gasteiger partial charge in [0.25, 0.3) is 11.8 Å². The smallest absolute Gasteiger partial charge is 0.274 e. The molecule has 0 aliphatic rings. The predicted octanol–water partition coefficient (Wildman–Crippen LogP) is 4.53. The van der Waals surface area contributed by atoms with E-state index < -0.39 is 5.91 Å². The maximum atomic E-state index is 12.5. The highest BCUT2D eigenvalue weighted by Gasteiger charge is 2.13. The minimum Gasteiger partial charge on any atom is -0.347 e. The van der Waals surface area contributed by atoms with E-state index in [1.54, 1.807) is 30.3 Å². The van der Waals surface area contributed by atoms with Gasteiger partial charge in [0.2, 0.25) is 0 Å². The Hall–Kier alpha value is -3.18. The van der Waals surface area contributed by atoms with E-state index >= 15 is 0 Å². The molecule has 2 aromatic carbocycles. The molecule has 0 saturated carbocycles. The van der Waals surface area contributed by atoms with Crippen LogP contribution in [0.1, 0.15) is 37.7 Å². The minimum absolute atomic E-state index is 0.153. The molecule has 0 saturated heterocycles. The van der Waals surface area contributed by atoms with Crippen LogP contribution in [0.4, 0.5) is 5.69 Å². The van der Waals surface area contributed by atoms with Crippen LogP contribution < -0.4 is 10.6 Å². The average Bonchev–Trinajstić information content (AvgIpc) is 2.70. The fraction of sp³-hybridized carbons (Fsp3) is 0.136. The summed E-state index contributed by atoms with van der Waals surface area (Å²) in [6.07, 6.45) is 0. The van der Waals surface area contributed by atoms with Gasteiger partial charge in [0, 0.05) is 17.3 Å². The van der Waals surface area contributed by atoms with E-state index in [4.69, 9.17) is 11.6 Å². The summed E-state index contributed by atoms with van der Waals surface area (Å²) in [6.45, 7) is 4.27. The number of halogens is 1. The number of hydrogen-bond donors (Lipinski definition) is 2. The number of aromatic nitrogens is 1. The van der Waals surface area contributed by atoms with E-state index in [1.807, 2.05) is 44.2 Å². The average molecular weight is 394 g/mol. The summed E-state index contributed by atoms with van der Waals surface area (Å²) in [5.41, 5.74) is 3.95. The lowest BCUT2D eigenvalue weighted by Gasteiger charge is -2.09. The normalized spacial score (nSPS) is 10.4. The van der Waals surface area contributed by atoms with Crippen molar-refractivity contribution < 1.29 is 9.59 Å². The first-order valence-corrected chi connectivity index (χ1v) is 9.19. The Morgan fingerprint density at radius 3 is 2.32 bits per heavy atom. The number of carbonyl (C=O) groups excluding carboxylic acids is 2. The van der Waals surface area contributed by atoms with Crippen LogP contribution in [0, 0.1) is 13.8 Å². The third kappa shape index (κ3) is 4.75. The summed E-state index contributed by atoms with van der Waals surface area (Å²) in [7, 11) is 0. The summed E-state index contributed by atoms with van der Waals surface area (Å²) in [5, 5.41) is 6.14. The topological polar surface area (TPSA) is 71.1 Å². The van der Waals surface area contributed by atoms with Crippen LogP contribution in [0.25, 0.3) is 0 Å². The van der Waals surface area contributed by atoms with Crippen LogP contribution in [-0.4, -0.2) is 16.8 Å². The molecule has 2 amide bonds. The molecule has 0 fully saturated rings. The molecule has 0 atom stereocenters. The molecule has 0 aliphatic heterocycles. The Balaban J connectivity index is 1.68. The summed E-state index contributed by atoms with van der Waals surface area (Å²) in [5.74, 6) is -0.746. The quantitative estimate of drug-likeness (QED) is 0.668. The van der Waals surface area contributed by atoms with Crippen molar-refractivity contribution in [2.75, 3.05) is 5.32 Å². The van der Waals surface area contributed by atoms with E-state index in [-0.39, 0.29) is 17.3 Å². The zero-order chi connectivity index (χ0) is 20.1. The second-order valence-corrected chi connectivity index (χ2v) is 6.84. The lowest BCUT2D eigenvalue weighted by molar-refractivity contribution is 0.0945. The summed E-state index contributed by atoms with van der Waals surface area (Å²) >= 11 is 6.09. The molecular weight excluding hydrogens is 374 g/mol. The first-order chi connectivity index (χ1) is 13.4. The highest BCUT2D eigenvalue weighted by Crippen LogP contribution is 2.20. The van der Waals surface area contributed by atoms with Crippen molar-refractivity contribution in [1.82, 2.24) is 10.3 Å². The van der Waals surface area contributed by atoms with Gasteiger partial charge < -0.3 is 10.6 Å². The molecule has 6 heteroatoms. The fourth-order valence-corrected chi connectivity index (χ4v) is 2.81. The third-order valence-corrected chi connectivity index (χ3v) is 4.75. The Morgan fingerprint density at radius 1 is 0.893 bits per heavy atom. The van der Waals surface area contributed by atoms with Gasteiger partial charge in [-0.3, -0.25) is 9.59 Å². The zero-order valence-electron chi connectivity index (χ0n) is 15.6. The Morgan fingerprint density at radius 2 is 1.61 bits per heavy atom. The molecule has 2 N–H and O–H groups in total. The lowest BCUT2D eigenvalue weighted by Crippen LogP contribution is -2.25. The molecule has 142 valence electrons. The molecule has 1 aromatic heterocycles. The van der Waals surface area contributed by atoms with Crippen molar-refractivity contribution in [3.8, 4) is 0 Å². The van der Waals surface area contributed by atoms with Gasteiger partial charge in [-0.05, 0) is 54.8 Å². The molecule has 3 aromatic rings. The lowest BCUT2D eigenvalue weighted by atomic mass is 10.1. The number of pyridine rings is 1. The molecule has 0 radical (unpaired) electrons. The maximum absolute atomic E-state index is 12.5. The third-order valence-electron chi connectivity index (χ3n) is 4.34. The van der Waals surface area contributed by atoms with Crippen molar-refractivity contribution >= 4 is 29.1 Å². The van der Waals surface area contributed by atoms with Crippen LogP contribution >= 0.6 is 11.6 Å². The minimum atomic E-state index is -0.409. The molecule has 3 rings (SSSR count). The van der Waals surface area contributed by atoms with Crippen molar-refractivity contribution in [3.05, 3.63) is 93.8 Å². The van der Waals surface area contributed by atoms with Crippen LogP contribution in [0.5, 0.6) is 0 Å². The van der Waals surface area contributed by atoms with Crippen LogP contribution in [0.2, 0.25) is 5.02 Å². The number of nitrogens with zero attached hydrogens (tertiary/aromatic N) is 1. The van der Waals surface area contributed by atoms with Gasteiger partial charge >= 0.3 is 0 Å². The SMILES string of the molecule is Cc1ccc(NC(=O)c2cccc(C(=O)NCc3ccccc3C)n2)cc1Cl. The number of amides is 2. The van der Waals surface area contributed by atoms with Gasteiger partial charge in [0.05, 0.1) is 0 Å². The van der Waals surface area contributed by atoms with Crippen LogP contribution in [0.3, 0.4) is 0 Å². The van der Waals surface area contributed by atoms with E-state index in [1.165, 1.54) is 0 Å². The van der Waals surface area contributed by atoms with Gasteiger partial charge in [-0.1, -0.05) is 48.0 Å². The summed E-state index contributed by atoms with van der Waals surface area (Å²) < 4.78 is 0. The maximum Gasteiger partial charge on any atom is 0.274 e. The standard InChI is InChI=1S/C22H20ClN3O2/c1-14-6-3-4-7-16(14)13-24-21(27)19-8-5-9-20(26-19)22(28)25-17-11-10-15(2)18(23)12-17/h3-12H,13H2,1-2H3,(H,24,27)(H,25,28). The molecular formula is C22H20ClN3O2. The monoisotopic (exact) mass is 393 g/mol. The Labute approximate surface area is 168 Å². The van der Waals surface area contributed by atoms with Gasteiger partial charge in [0.15, 0.2) is 0 Å². The van der Waals surface area contributed by atoms with Crippen LogP contribution in [0.15, 0.2) is 60.7 Å². The Bertz CT molecular complexity index is 1030. The van der Waals surface area contributed by atoms with Gasteiger partial charge in [-0.2, -0.15) is 0 Å². The van der Waals surface area contributed by atoms with Crippen molar-refractivity contribution in [2.45, 2.75) is 20.4 Å². The molecule has 28 heavy (non-hydrogen) atoms. The number of benzene rings is 2. The largest absolute Gasteiger partial charge is 0.347 e. The molecule has 0 spiro atoms.